The molecule has 0 radical (unpaired) electrons. The maximum Gasteiger partial charge on any atom is 0.269 e. The molecule has 1 amide bonds. The second kappa shape index (κ2) is 8.84. The normalized spacial score (nSPS) is 15.4. The van der Waals surface area contributed by atoms with E-state index >= 15 is 0 Å². The van der Waals surface area contributed by atoms with E-state index in [4.69, 9.17) is 0 Å². The highest BCUT2D eigenvalue weighted by molar-refractivity contribution is 7.89. The fourth-order valence-electron chi connectivity index (χ4n) is 3.78. The van der Waals surface area contributed by atoms with Crippen molar-refractivity contribution in [3.63, 3.8) is 0 Å². The van der Waals surface area contributed by atoms with Crippen LogP contribution in [0.4, 0.5) is 4.39 Å². The van der Waals surface area contributed by atoms with E-state index in [-0.39, 0.29) is 17.2 Å². The summed E-state index contributed by atoms with van der Waals surface area (Å²) in [5, 5.41) is 0. The first-order valence-electron chi connectivity index (χ1n) is 9.52. The van der Waals surface area contributed by atoms with Gasteiger partial charge in [0, 0.05) is 0 Å². The van der Waals surface area contributed by atoms with Crippen molar-refractivity contribution in [3.8, 4) is 11.1 Å². The molecule has 0 unspecified atom stereocenters. The molecule has 7 heteroatoms. The van der Waals surface area contributed by atoms with E-state index in [1.54, 1.807) is 13.0 Å². The lowest BCUT2D eigenvalue weighted by atomic mass is 9.91. The third-order valence-electron chi connectivity index (χ3n) is 5.23. The summed E-state index contributed by atoms with van der Waals surface area (Å²) in [6.45, 7) is 1.65. The van der Waals surface area contributed by atoms with Crippen LogP contribution in [0.3, 0.4) is 0 Å². The van der Waals surface area contributed by atoms with E-state index in [1.807, 2.05) is 30.3 Å². The van der Waals surface area contributed by atoms with E-state index in [0.29, 0.717) is 5.56 Å². The van der Waals surface area contributed by atoms with E-state index < -0.39 is 21.7 Å². The van der Waals surface area contributed by atoms with Gasteiger partial charge in [0.25, 0.3) is 5.91 Å². The van der Waals surface area contributed by atoms with E-state index in [2.05, 4.69) is 10.3 Å². The van der Waals surface area contributed by atoms with Crippen molar-refractivity contribution in [1.82, 2.24) is 10.3 Å². The Hall–Kier alpha value is -2.25. The molecule has 2 aromatic rings. The highest BCUT2D eigenvalue weighted by Gasteiger charge is 2.23. The summed E-state index contributed by atoms with van der Waals surface area (Å²) in [4.78, 5) is 14.7. The number of rotatable bonds is 6. The average Bonchev–Trinajstić information content (AvgIpc) is 2.68. The number of carbonyl (C=O) groups excluding carboxylic acids is 1. The third-order valence-corrected chi connectivity index (χ3v) is 6.55. The predicted molar refractivity (Wildman–Crippen MR) is 108 cm³/mol. The number of benzene rings is 2. The highest BCUT2D eigenvalue weighted by atomic mass is 32.2. The summed E-state index contributed by atoms with van der Waals surface area (Å²) < 4.78 is 38.9. The topological polar surface area (TPSA) is 75.3 Å². The first-order valence-corrected chi connectivity index (χ1v) is 11.2. The Morgan fingerprint density at radius 3 is 2.43 bits per heavy atom. The smallest absolute Gasteiger partial charge is 0.269 e. The molecule has 2 aromatic carbocycles. The number of amides is 1. The lowest BCUT2D eigenvalue weighted by molar-refractivity contribution is 0.0940. The first-order chi connectivity index (χ1) is 13.4. The molecule has 0 spiro atoms. The molecule has 5 nitrogen and oxygen atoms in total. The number of hydrazine groups is 1. The van der Waals surface area contributed by atoms with Crippen LogP contribution in [0.1, 0.15) is 48.0 Å². The number of hydrogen-bond donors (Lipinski definition) is 2. The van der Waals surface area contributed by atoms with Crippen LogP contribution in [-0.4, -0.2) is 20.1 Å². The zero-order valence-electron chi connectivity index (χ0n) is 15.9. The van der Waals surface area contributed by atoms with Gasteiger partial charge in [0.1, 0.15) is 5.82 Å². The Labute approximate surface area is 165 Å². The molecule has 1 saturated carbocycles. The van der Waals surface area contributed by atoms with E-state index in [0.717, 1.165) is 43.2 Å². The molecule has 0 saturated heterocycles. The van der Waals surface area contributed by atoms with Crippen LogP contribution in [0.25, 0.3) is 11.1 Å². The van der Waals surface area contributed by atoms with Crippen molar-refractivity contribution in [3.05, 3.63) is 59.4 Å². The monoisotopic (exact) mass is 404 g/mol. The quantitative estimate of drug-likeness (QED) is 0.716. The molecular formula is C21H25FN2O3S. The fraction of sp³-hybridized carbons (Fsp3) is 0.381. The Morgan fingerprint density at radius 1 is 1.07 bits per heavy atom. The molecule has 1 aliphatic rings. The first kappa shape index (κ1) is 20.5. The summed E-state index contributed by atoms with van der Waals surface area (Å²) in [5.74, 6) is -1.43. The van der Waals surface area contributed by atoms with Crippen LogP contribution in [0.15, 0.2) is 42.5 Å². The minimum Gasteiger partial charge on any atom is -0.274 e. The molecular weight excluding hydrogens is 379 g/mol. The van der Waals surface area contributed by atoms with Crippen LogP contribution in [0.2, 0.25) is 0 Å². The van der Waals surface area contributed by atoms with E-state index in [1.165, 1.54) is 6.07 Å². The van der Waals surface area contributed by atoms with Gasteiger partial charge < -0.3 is 0 Å². The molecule has 0 atom stereocenters. The van der Waals surface area contributed by atoms with Crippen molar-refractivity contribution in [2.75, 3.05) is 5.75 Å². The third kappa shape index (κ3) is 4.97. The lowest BCUT2D eigenvalue weighted by Gasteiger charge is -2.21. The van der Waals surface area contributed by atoms with Gasteiger partial charge in [-0.25, -0.2) is 12.8 Å². The van der Waals surface area contributed by atoms with Gasteiger partial charge in [-0.05, 0) is 48.4 Å². The Kier molecular flexibility index (Phi) is 6.46. The molecule has 0 bridgehead atoms. The number of hydrogen-bond acceptors (Lipinski definition) is 3. The summed E-state index contributed by atoms with van der Waals surface area (Å²) in [6, 6.07) is 12.2. The van der Waals surface area contributed by atoms with Crippen LogP contribution in [-0.2, 0) is 10.0 Å². The molecule has 0 aromatic heterocycles. The summed E-state index contributed by atoms with van der Waals surface area (Å²) in [6.07, 6.45) is 4.95. The maximum atomic E-state index is 14.4. The largest absolute Gasteiger partial charge is 0.274 e. The molecule has 0 aliphatic heterocycles. The van der Waals surface area contributed by atoms with Gasteiger partial charge in [0.2, 0.25) is 10.0 Å². The van der Waals surface area contributed by atoms with Gasteiger partial charge in [-0.2, -0.15) is 0 Å². The fourth-order valence-corrected chi connectivity index (χ4v) is 5.07. The van der Waals surface area contributed by atoms with Gasteiger partial charge >= 0.3 is 0 Å². The van der Waals surface area contributed by atoms with Crippen molar-refractivity contribution in [1.29, 1.82) is 0 Å². The van der Waals surface area contributed by atoms with Crippen molar-refractivity contribution in [2.24, 2.45) is 5.92 Å². The van der Waals surface area contributed by atoms with Crippen molar-refractivity contribution >= 4 is 15.9 Å². The summed E-state index contributed by atoms with van der Waals surface area (Å²) in [7, 11) is -3.68. The molecule has 1 fully saturated rings. The molecule has 3 rings (SSSR count). The van der Waals surface area contributed by atoms with Gasteiger partial charge in [-0.1, -0.05) is 55.7 Å². The Balaban J connectivity index is 1.73. The van der Waals surface area contributed by atoms with Gasteiger partial charge in [-0.3, -0.25) is 10.2 Å². The van der Waals surface area contributed by atoms with Crippen molar-refractivity contribution in [2.45, 2.75) is 39.0 Å². The van der Waals surface area contributed by atoms with Crippen LogP contribution in [0.5, 0.6) is 0 Å². The standard InChI is InChI=1S/C21H25FN2O3S/c1-15-18(17-10-6-3-7-11-17)12-13-19(22)20(15)21(25)23-24-28(26,27)14-16-8-4-2-5-9-16/h3,6-7,10-13,16,24H,2,4-5,8-9,14H2,1H3,(H,23,25). The maximum absolute atomic E-state index is 14.4. The van der Waals surface area contributed by atoms with Gasteiger partial charge in [-0.15, -0.1) is 4.83 Å². The molecule has 0 heterocycles. The second-order valence-corrected chi connectivity index (χ2v) is 9.07. The summed E-state index contributed by atoms with van der Waals surface area (Å²) in [5.41, 5.74) is 4.03. The second-order valence-electron chi connectivity index (χ2n) is 7.30. The summed E-state index contributed by atoms with van der Waals surface area (Å²) >= 11 is 0. The zero-order valence-corrected chi connectivity index (χ0v) is 16.7. The lowest BCUT2D eigenvalue weighted by Crippen LogP contribution is -2.44. The predicted octanol–water partition coefficient (Wildman–Crippen LogP) is 3.95. The number of nitrogens with one attached hydrogen (secondary N) is 2. The van der Waals surface area contributed by atoms with Crippen LogP contribution in [0, 0.1) is 18.7 Å². The Morgan fingerprint density at radius 2 is 1.75 bits per heavy atom. The van der Waals surface area contributed by atoms with Crippen LogP contribution < -0.4 is 10.3 Å². The minimum atomic E-state index is -3.68. The Bertz CT molecular complexity index is 940. The minimum absolute atomic E-state index is 0.0290. The van der Waals surface area contributed by atoms with Gasteiger partial charge in [0.15, 0.2) is 0 Å². The SMILES string of the molecule is Cc1c(-c2ccccc2)ccc(F)c1C(=O)NNS(=O)(=O)CC1CCCCC1. The molecule has 2 N–H and O–H groups in total. The van der Waals surface area contributed by atoms with Crippen LogP contribution >= 0.6 is 0 Å². The average molecular weight is 405 g/mol. The molecule has 150 valence electrons. The highest BCUT2D eigenvalue weighted by Crippen LogP contribution is 2.27. The number of halogens is 1. The number of carbonyl (C=O) groups is 1. The van der Waals surface area contributed by atoms with Gasteiger partial charge in [0.05, 0.1) is 11.3 Å². The number of sulfonamides is 1. The van der Waals surface area contributed by atoms with E-state index in [9.17, 15) is 17.6 Å². The molecule has 1 aliphatic carbocycles. The van der Waals surface area contributed by atoms with Crippen molar-refractivity contribution < 1.29 is 17.6 Å². The molecule has 28 heavy (non-hydrogen) atoms. The zero-order chi connectivity index (χ0) is 20.1.